The molecule has 0 spiro atoms. The summed E-state index contributed by atoms with van der Waals surface area (Å²) in [6.07, 6.45) is 0. The molecule has 0 aromatic heterocycles. The Morgan fingerprint density at radius 3 is 2.65 bits per heavy atom. The van der Waals surface area contributed by atoms with Gasteiger partial charge in [-0.05, 0) is 26.5 Å². The van der Waals surface area contributed by atoms with Gasteiger partial charge in [-0.15, -0.1) is 0 Å². The summed E-state index contributed by atoms with van der Waals surface area (Å²) in [4.78, 5) is 11.7. The van der Waals surface area contributed by atoms with Gasteiger partial charge in [0.1, 0.15) is 18.0 Å². The number of hydrogen-bond donors (Lipinski definition) is 1. The fourth-order valence-electron chi connectivity index (χ4n) is 1.45. The van der Waals surface area contributed by atoms with Crippen LogP contribution in [0.1, 0.15) is 26.3 Å². The van der Waals surface area contributed by atoms with E-state index in [1.165, 1.54) is 6.07 Å². The normalized spacial score (nSPS) is 11.3. The third kappa shape index (κ3) is 3.82. The second kappa shape index (κ2) is 5.77. The summed E-state index contributed by atoms with van der Waals surface area (Å²) in [5.41, 5.74) is -0.367. The Balaban J connectivity index is 2.57. The molecule has 0 radical (unpaired) electrons. The monoisotopic (exact) mass is 239 g/mol. The number of likely N-dealkylation sites (N-methyl/N-ethyl adjacent to an activating group) is 1. The third-order valence-corrected chi connectivity index (χ3v) is 2.45. The summed E-state index contributed by atoms with van der Waals surface area (Å²) < 4.78 is 18.4. The first kappa shape index (κ1) is 13.6. The molecule has 0 amide bonds. The van der Waals surface area contributed by atoms with Gasteiger partial charge in [0.05, 0.1) is 0 Å². The Morgan fingerprint density at radius 2 is 2.06 bits per heavy atom. The first-order valence-electron chi connectivity index (χ1n) is 5.63. The standard InChI is InChI=1S/C13H18FNO2/c1-4-15-13(2,3)12(16)17-9-10-7-5-6-8-11(10)14/h5-8,15H,4,9H2,1-3H3. The van der Waals surface area contributed by atoms with E-state index >= 15 is 0 Å². The first-order chi connectivity index (χ1) is 7.97. The highest BCUT2D eigenvalue weighted by Gasteiger charge is 2.28. The zero-order valence-corrected chi connectivity index (χ0v) is 10.4. The molecule has 1 aromatic rings. The van der Waals surface area contributed by atoms with Crippen LogP contribution in [0.15, 0.2) is 24.3 Å². The van der Waals surface area contributed by atoms with Gasteiger partial charge in [0, 0.05) is 5.56 Å². The molecule has 0 bridgehead atoms. The highest BCUT2D eigenvalue weighted by molar-refractivity contribution is 5.79. The van der Waals surface area contributed by atoms with Crippen molar-refractivity contribution < 1.29 is 13.9 Å². The molecule has 0 saturated heterocycles. The summed E-state index contributed by atoms with van der Waals surface area (Å²) in [6.45, 7) is 6.01. The van der Waals surface area contributed by atoms with Crippen molar-refractivity contribution in [3.63, 3.8) is 0 Å². The molecule has 0 heterocycles. The van der Waals surface area contributed by atoms with Crippen LogP contribution in [0.5, 0.6) is 0 Å². The molecular formula is C13H18FNO2. The molecule has 0 fully saturated rings. The number of ether oxygens (including phenoxy) is 1. The summed E-state index contributed by atoms with van der Waals surface area (Å²) in [7, 11) is 0. The van der Waals surface area contributed by atoms with Crippen molar-refractivity contribution >= 4 is 5.97 Å². The molecular weight excluding hydrogens is 221 g/mol. The van der Waals surface area contributed by atoms with E-state index in [9.17, 15) is 9.18 Å². The fourth-order valence-corrected chi connectivity index (χ4v) is 1.45. The summed E-state index contributed by atoms with van der Waals surface area (Å²) in [6, 6.07) is 6.26. The van der Waals surface area contributed by atoms with Crippen LogP contribution in [-0.4, -0.2) is 18.1 Å². The Kier molecular flexibility index (Phi) is 4.63. The number of nitrogens with one attached hydrogen (secondary N) is 1. The van der Waals surface area contributed by atoms with Crippen LogP contribution in [0.25, 0.3) is 0 Å². The van der Waals surface area contributed by atoms with E-state index in [0.29, 0.717) is 12.1 Å². The van der Waals surface area contributed by atoms with Crippen LogP contribution in [0.4, 0.5) is 4.39 Å². The van der Waals surface area contributed by atoms with Gasteiger partial charge in [-0.1, -0.05) is 25.1 Å². The van der Waals surface area contributed by atoms with Crippen LogP contribution in [0, 0.1) is 5.82 Å². The quantitative estimate of drug-likeness (QED) is 0.801. The molecule has 1 rings (SSSR count). The maximum Gasteiger partial charge on any atom is 0.326 e. The van der Waals surface area contributed by atoms with Crippen molar-refractivity contribution in [2.24, 2.45) is 0 Å². The summed E-state index contributed by atoms with van der Waals surface area (Å²) in [5.74, 6) is -0.746. The highest BCUT2D eigenvalue weighted by Crippen LogP contribution is 2.11. The molecule has 0 unspecified atom stereocenters. The van der Waals surface area contributed by atoms with Gasteiger partial charge >= 0.3 is 5.97 Å². The Hall–Kier alpha value is -1.42. The molecule has 0 aliphatic rings. The Morgan fingerprint density at radius 1 is 1.41 bits per heavy atom. The fraction of sp³-hybridized carbons (Fsp3) is 0.462. The van der Waals surface area contributed by atoms with E-state index in [1.807, 2.05) is 6.92 Å². The molecule has 0 atom stereocenters. The van der Waals surface area contributed by atoms with Crippen molar-refractivity contribution in [3.8, 4) is 0 Å². The lowest BCUT2D eigenvalue weighted by molar-refractivity contribution is -0.151. The van der Waals surface area contributed by atoms with Crippen LogP contribution in [0.2, 0.25) is 0 Å². The number of carbonyl (C=O) groups excluding carboxylic acids is 1. The van der Waals surface area contributed by atoms with Gasteiger partial charge < -0.3 is 10.1 Å². The van der Waals surface area contributed by atoms with Crippen molar-refractivity contribution in [1.82, 2.24) is 5.32 Å². The van der Waals surface area contributed by atoms with E-state index in [1.54, 1.807) is 32.0 Å². The maximum absolute atomic E-state index is 13.3. The van der Waals surface area contributed by atoms with E-state index in [-0.39, 0.29) is 18.4 Å². The Bertz CT molecular complexity index is 391. The van der Waals surface area contributed by atoms with Crippen LogP contribution in [-0.2, 0) is 16.1 Å². The molecule has 4 heteroatoms. The van der Waals surface area contributed by atoms with Gasteiger partial charge in [-0.2, -0.15) is 0 Å². The highest BCUT2D eigenvalue weighted by atomic mass is 19.1. The van der Waals surface area contributed by atoms with Gasteiger partial charge in [0.25, 0.3) is 0 Å². The topological polar surface area (TPSA) is 38.3 Å². The lowest BCUT2D eigenvalue weighted by Gasteiger charge is -2.23. The lowest BCUT2D eigenvalue weighted by Crippen LogP contribution is -2.47. The molecule has 0 aliphatic heterocycles. The number of benzene rings is 1. The van der Waals surface area contributed by atoms with Crippen molar-refractivity contribution in [1.29, 1.82) is 0 Å². The van der Waals surface area contributed by atoms with E-state index in [0.717, 1.165) is 0 Å². The van der Waals surface area contributed by atoms with E-state index < -0.39 is 5.54 Å². The van der Waals surface area contributed by atoms with Crippen LogP contribution in [0.3, 0.4) is 0 Å². The predicted octanol–water partition coefficient (Wildman–Crippen LogP) is 2.26. The van der Waals surface area contributed by atoms with Crippen LogP contribution < -0.4 is 5.32 Å². The maximum atomic E-state index is 13.3. The van der Waals surface area contributed by atoms with Gasteiger partial charge in [-0.3, -0.25) is 4.79 Å². The number of esters is 1. The van der Waals surface area contributed by atoms with E-state index in [4.69, 9.17) is 4.74 Å². The smallest absolute Gasteiger partial charge is 0.326 e. The van der Waals surface area contributed by atoms with Crippen molar-refractivity contribution in [2.45, 2.75) is 32.9 Å². The van der Waals surface area contributed by atoms with Crippen LogP contribution >= 0.6 is 0 Å². The minimum absolute atomic E-state index is 0.0413. The summed E-state index contributed by atoms with van der Waals surface area (Å²) >= 11 is 0. The minimum Gasteiger partial charge on any atom is -0.459 e. The second-order valence-corrected chi connectivity index (χ2v) is 4.32. The van der Waals surface area contributed by atoms with Crippen molar-refractivity contribution in [3.05, 3.63) is 35.6 Å². The van der Waals surface area contributed by atoms with Gasteiger partial charge in [0.15, 0.2) is 0 Å². The Labute approximate surface area is 101 Å². The predicted molar refractivity (Wildman–Crippen MR) is 64.0 cm³/mol. The molecule has 3 nitrogen and oxygen atoms in total. The zero-order valence-electron chi connectivity index (χ0n) is 10.4. The van der Waals surface area contributed by atoms with E-state index in [2.05, 4.69) is 5.32 Å². The van der Waals surface area contributed by atoms with Gasteiger partial charge in [-0.25, -0.2) is 4.39 Å². The van der Waals surface area contributed by atoms with Crippen molar-refractivity contribution in [2.75, 3.05) is 6.54 Å². The second-order valence-electron chi connectivity index (χ2n) is 4.32. The van der Waals surface area contributed by atoms with Gasteiger partial charge in [0.2, 0.25) is 0 Å². The average molecular weight is 239 g/mol. The zero-order chi connectivity index (χ0) is 12.9. The molecule has 17 heavy (non-hydrogen) atoms. The average Bonchev–Trinajstić information content (AvgIpc) is 2.27. The molecule has 0 aliphatic carbocycles. The molecule has 94 valence electrons. The SMILES string of the molecule is CCNC(C)(C)C(=O)OCc1ccccc1F. The molecule has 1 N–H and O–H groups in total. The molecule has 1 aromatic carbocycles. The number of carbonyl (C=O) groups is 1. The summed E-state index contributed by atoms with van der Waals surface area (Å²) in [5, 5.41) is 3.00. The number of rotatable bonds is 5. The lowest BCUT2D eigenvalue weighted by atomic mass is 10.1. The number of halogens is 1. The number of hydrogen-bond acceptors (Lipinski definition) is 3. The third-order valence-electron chi connectivity index (χ3n) is 2.45. The first-order valence-corrected chi connectivity index (χ1v) is 5.63. The largest absolute Gasteiger partial charge is 0.459 e. The molecule has 0 saturated carbocycles. The minimum atomic E-state index is -0.750.